The Balaban J connectivity index is 1.92. The second-order valence-electron chi connectivity index (χ2n) is 7.18. The van der Waals surface area contributed by atoms with Crippen LogP contribution in [0.4, 0.5) is 0 Å². The molecule has 3 rings (SSSR count). The number of esters is 1. The van der Waals surface area contributed by atoms with E-state index in [1.165, 1.54) is 19.4 Å². The molecule has 4 nitrogen and oxygen atoms in total. The van der Waals surface area contributed by atoms with Crippen LogP contribution in [0.3, 0.4) is 0 Å². The molecular weight excluding hydrogens is 302 g/mol. The summed E-state index contributed by atoms with van der Waals surface area (Å²) in [6.07, 6.45) is 5.44. The molecule has 0 bridgehead atoms. The number of carbonyl (C=O) groups is 1. The van der Waals surface area contributed by atoms with E-state index in [0.29, 0.717) is 11.8 Å². The maximum Gasteiger partial charge on any atom is 0.332 e. The molecule has 1 aliphatic heterocycles. The molecule has 1 saturated carbocycles. The fourth-order valence-electron chi connectivity index (χ4n) is 4.83. The molecule has 3 atom stereocenters. The monoisotopic (exact) mass is 331 g/mol. The highest BCUT2D eigenvalue weighted by molar-refractivity contribution is 5.71. The maximum absolute atomic E-state index is 12.0. The van der Waals surface area contributed by atoms with Crippen LogP contribution in [-0.2, 0) is 15.1 Å². The highest BCUT2D eigenvalue weighted by atomic mass is 16.6. The largest absolute Gasteiger partial charge is 0.452 e. The predicted molar refractivity (Wildman–Crippen MR) is 93.5 cm³/mol. The van der Waals surface area contributed by atoms with Gasteiger partial charge in [0.05, 0.1) is 0 Å². The van der Waals surface area contributed by atoms with E-state index in [1.807, 2.05) is 18.2 Å². The third-order valence-corrected chi connectivity index (χ3v) is 5.91. The molecule has 0 amide bonds. The van der Waals surface area contributed by atoms with E-state index in [0.717, 1.165) is 37.9 Å². The Kier molecular flexibility index (Phi) is 5.57. The number of carbonyl (C=O) groups excluding carboxylic acids is 1. The van der Waals surface area contributed by atoms with Crippen molar-refractivity contribution in [2.45, 2.75) is 44.6 Å². The van der Waals surface area contributed by atoms with Crippen molar-refractivity contribution in [1.82, 2.24) is 4.90 Å². The first kappa shape index (κ1) is 17.4. The molecule has 0 spiro atoms. The Morgan fingerprint density at radius 3 is 2.79 bits per heavy atom. The van der Waals surface area contributed by atoms with Crippen LogP contribution in [0.2, 0.25) is 0 Å². The summed E-state index contributed by atoms with van der Waals surface area (Å²) in [4.78, 5) is 14.5. The Labute approximate surface area is 144 Å². The van der Waals surface area contributed by atoms with Crippen LogP contribution in [0.1, 0.15) is 44.6 Å². The van der Waals surface area contributed by atoms with E-state index < -0.39 is 18.2 Å². The van der Waals surface area contributed by atoms with Gasteiger partial charge < -0.3 is 14.7 Å². The standard InChI is InChI=1S/C20H29NO3/c1-2-21-13-7-8-16(14-21)18-11-6-12-20(18,24-19(23)15-22)17-9-4-3-5-10-17/h3-5,9-10,16,18,22H,2,6-8,11-15H2,1H3. The number of rotatable bonds is 5. The number of ether oxygens (including phenoxy) is 1. The van der Waals surface area contributed by atoms with Gasteiger partial charge in [-0.2, -0.15) is 0 Å². The lowest BCUT2D eigenvalue weighted by molar-refractivity contribution is -0.172. The van der Waals surface area contributed by atoms with E-state index in [1.54, 1.807) is 0 Å². The quantitative estimate of drug-likeness (QED) is 0.843. The van der Waals surface area contributed by atoms with Gasteiger partial charge in [0.2, 0.25) is 0 Å². The fourth-order valence-corrected chi connectivity index (χ4v) is 4.83. The maximum atomic E-state index is 12.0. The Hall–Kier alpha value is -1.39. The topological polar surface area (TPSA) is 49.8 Å². The van der Waals surface area contributed by atoms with E-state index in [9.17, 15) is 9.90 Å². The summed E-state index contributed by atoms with van der Waals surface area (Å²) in [5, 5.41) is 9.25. The van der Waals surface area contributed by atoms with E-state index in [2.05, 4.69) is 24.0 Å². The zero-order valence-electron chi connectivity index (χ0n) is 14.6. The first-order valence-corrected chi connectivity index (χ1v) is 9.30. The van der Waals surface area contributed by atoms with E-state index >= 15 is 0 Å². The zero-order valence-corrected chi connectivity index (χ0v) is 14.6. The lowest BCUT2D eigenvalue weighted by Gasteiger charge is -2.43. The molecule has 1 heterocycles. The molecule has 4 heteroatoms. The van der Waals surface area contributed by atoms with Crippen molar-refractivity contribution in [2.75, 3.05) is 26.2 Å². The molecular formula is C20H29NO3. The summed E-state index contributed by atoms with van der Waals surface area (Å²) in [5.41, 5.74) is 0.519. The van der Waals surface area contributed by atoms with Gasteiger partial charge in [-0.05, 0) is 56.7 Å². The first-order chi connectivity index (χ1) is 11.7. The average molecular weight is 331 g/mol. The molecule has 0 radical (unpaired) electrons. The van der Waals surface area contributed by atoms with Gasteiger partial charge in [0.1, 0.15) is 12.2 Å². The lowest BCUT2D eigenvalue weighted by atomic mass is 9.73. The first-order valence-electron chi connectivity index (χ1n) is 9.30. The summed E-state index contributed by atoms with van der Waals surface area (Å²) < 4.78 is 5.96. The van der Waals surface area contributed by atoms with Crippen molar-refractivity contribution in [3.63, 3.8) is 0 Å². The van der Waals surface area contributed by atoms with Gasteiger partial charge in [-0.1, -0.05) is 37.3 Å². The van der Waals surface area contributed by atoms with Crippen molar-refractivity contribution in [3.05, 3.63) is 35.9 Å². The van der Waals surface area contributed by atoms with Crippen LogP contribution < -0.4 is 0 Å². The van der Waals surface area contributed by atoms with Crippen LogP contribution in [0, 0.1) is 11.8 Å². The third kappa shape index (κ3) is 3.35. The van der Waals surface area contributed by atoms with E-state index in [4.69, 9.17) is 4.74 Å². The summed E-state index contributed by atoms with van der Waals surface area (Å²) in [6, 6.07) is 10.2. The third-order valence-electron chi connectivity index (χ3n) is 5.91. The minimum absolute atomic E-state index is 0.338. The number of aliphatic hydroxyl groups is 1. The van der Waals surface area contributed by atoms with Crippen LogP contribution in [0.15, 0.2) is 30.3 Å². The van der Waals surface area contributed by atoms with Gasteiger partial charge in [0.15, 0.2) is 0 Å². The van der Waals surface area contributed by atoms with Crippen molar-refractivity contribution in [3.8, 4) is 0 Å². The predicted octanol–water partition coefficient (Wildman–Crippen LogP) is 2.95. The van der Waals surface area contributed by atoms with Crippen molar-refractivity contribution in [1.29, 1.82) is 0 Å². The summed E-state index contributed by atoms with van der Waals surface area (Å²) in [5.74, 6) is 0.381. The SMILES string of the molecule is CCN1CCCC(C2CCCC2(OC(=O)CO)c2ccccc2)C1. The fraction of sp³-hybridized carbons (Fsp3) is 0.650. The van der Waals surface area contributed by atoms with Crippen LogP contribution in [0.5, 0.6) is 0 Å². The minimum atomic E-state index is -0.567. The molecule has 24 heavy (non-hydrogen) atoms. The number of likely N-dealkylation sites (tertiary alicyclic amines) is 1. The summed E-state index contributed by atoms with van der Waals surface area (Å²) in [6.45, 7) is 5.01. The number of hydrogen-bond donors (Lipinski definition) is 1. The number of piperidine rings is 1. The second-order valence-corrected chi connectivity index (χ2v) is 7.18. The Morgan fingerprint density at radius 1 is 1.29 bits per heavy atom. The normalized spacial score (nSPS) is 31.1. The van der Waals surface area contributed by atoms with Gasteiger partial charge in [0.25, 0.3) is 0 Å². The van der Waals surface area contributed by atoms with Gasteiger partial charge in [-0.3, -0.25) is 0 Å². The number of benzene rings is 1. The molecule has 0 aromatic heterocycles. The molecule has 1 N–H and O–H groups in total. The highest BCUT2D eigenvalue weighted by Crippen LogP contribution is 2.51. The van der Waals surface area contributed by atoms with Gasteiger partial charge in [-0.25, -0.2) is 4.79 Å². The highest BCUT2D eigenvalue weighted by Gasteiger charge is 2.51. The number of nitrogens with zero attached hydrogens (tertiary/aromatic N) is 1. The summed E-state index contributed by atoms with van der Waals surface area (Å²) >= 11 is 0. The van der Waals surface area contributed by atoms with Crippen molar-refractivity contribution >= 4 is 5.97 Å². The molecule has 1 aromatic rings. The Morgan fingerprint density at radius 2 is 2.08 bits per heavy atom. The molecule has 3 unspecified atom stereocenters. The number of hydrogen-bond acceptors (Lipinski definition) is 4. The van der Waals surface area contributed by atoms with Gasteiger partial charge >= 0.3 is 5.97 Å². The second kappa shape index (κ2) is 7.66. The van der Waals surface area contributed by atoms with Gasteiger partial charge in [-0.15, -0.1) is 0 Å². The number of aliphatic hydroxyl groups excluding tert-OH is 1. The van der Waals surface area contributed by atoms with Crippen LogP contribution in [0.25, 0.3) is 0 Å². The smallest absolute Gasteiger partial charge is 0.332 e. The zero-order chi connectivity index (χ0) is 17.0. The van der Waals surface area contributed by atoms with E-state index in [-0.39, 0.29) is 0 Å². The van der Waals surface area contributed by atoms with Crippen molar-refractivity contribution in [2.24, 2.45) is 11.8 Å². The molecule has 1 saturated heterocycles. The van der Waals surface area contributed by atoms with Crippen LogP contribution >= 0.6 is 0 Å². The van der Waals surface area contributed by atoms with Crippen molar-refractivity contribution < 1.29 is 14.6 Å². The molecule has 1 aromatic carbocycles. The van der Waals surface area contributed by atoms with Crippen LogP contribution in [-0.4, -0.2) is 42.2 Å². The molecule has 2 aliphatic rings. The molecule has 132 valence electrons. The lowest BCUT2D eigenvalue weighted by Crippen LogP contribution is -2.46. The van der Waals surface area contributed by atoms with Gasteiger partial charge in [0, 0.05) is 12.5 Å². The summed E-state index contributed by atoms with van der Waals surface area (Å²) in [7, 11) is 0. The Bertz CT molecular complexity index is 547. The minimum Gasteiger partial charge on any atom is -0.452 e. The molecule has 2 fully saturated rings. The molecule has 1 aliphatic carbocycles. The average Bonchev–Trinajstić information content (AvgIpc) is 3.07.